The van der Waals surface area contributed by atoms with Gasteiger partial charge < -0.3 is 15.4 Å². The summed E-state index contributed by atoms with van der Waals surface area (Å²) < 4.78 is 5.45. The molecule has 4 nitrogen and oxygen atoms in total. The molecule has 0 spiro atoms. The molecule has 1 aliphatic heterocycles. The molecule has 0 radical (unpaired) electrons. The van der Waals surface area contributed by atoms with Crippen molar-refractivity contribution in [3.63, 3.8) is 0 Å². The quantitative estimate of drug-likeness (QED) is 0.712. The lowest BCUT2D eigenvalue weighted by molar-refractivity contribution is -0.124. The minimum absolute atomic E-state index is 0.0448. The van der Waals surface area contributed by atoms with Crippen molar-refractivity contribution in [1.82, 2.24) is 10.6 Å². The fourth-order valence-electron chi connectivity index (χ4n) is 1.37. The zero-order valence-corrected chi connectivity index (χ0v) is 10.2. The van der Waals surface area contributed by atoms with Gasteiger partial charge in [0.1, 0.15) is 0 Å². The minimum atomic E-state index is 0.0448. The molecule has 2 atom stereocenters. The molecule has 0 saturated carbocycles. The molecule has 1 heterocycles. The Balaban J connectivity index is 2.11. The number of morpholine rings is 1. The zero-order valence-electron chi connectivity index (χ0n) is 9.41. The summed E-state index contributed by atoms with van der Waals surface area (Å²) >= 11 is 1.75. The number of thioether (sulfide) groups is 1. The summed E-state index contributed by atoms with van der Waals surface area (Å²) in [5, 5.41) is 6.59. The van der Waals surface area contributed by atoms with Gasteiger partial charge in [-0.1, -0.05) is 6.92 Å². The van der Waals surface area contributed by atoms with Gasteiger partial charge in [-0.05, 0) is 6.26 Å². The van der Waals surface area contributed by atoms with E-state index in [2.05, 4.69) is 17.6 Å². The molecular weight excluding hydrogens is 212 g/mol. The second-order valence-corrected chi connectivity index (χ2v) is 5.03. The van der Waals surface area contributed by atoms with E-state index in [1.54, 1.807) is 11.8 Å². The predicted molar refractivity (Wildman–Crippen MR) is 63.2 cm³/mol. The number of ether oxygens (including phenoxy) is 1. The van der Waals surface area contributed by atoms with Crippen molar-refractivity contribution < 1.29 is 9.53 Å². The van der Waals surface area contributed by atoms with Gasteiger partial charge in [0.05, 0.1) is 19.1 Å². The maximum Gasteiger partial charge on any atom is 0.222 e. The Morgan fingerprint density at radius 1 is 1.73 bits per heavy atom. The molecule has 88 valence electrons. The SMILES string of the molecule is CS[C@H](C)CNC(=O)C[C@@H]1CNCCO1. The van der Waals surface area contributed by atoms with Gasteiger partial charge in [0, 0.05) is 24.9 Å². The molecule has 1 amide bonds. The highest BCUT2D eigenvalue weighted by molar-refractivity contribution is 7.99. The van der Waals surface area contributed by atoms with Crippen molar-refractivity contribution in [3.8, 4) is 0 Å². The van der Waals surface area contributed by atoms with Gasteiger partial charge in [0.2, 0.25) is 5.91 Å². The largest absolute Gasteiger partial charge is 0.375 e. The van der Waals surface area contributed by atoms with E-state index in [0.29, 0.717) is 18.3 Å². The first kappa shape index (κ1) is 12.8. The van der Waals surface area contributed by atoms with Crippen LogP contribution in [0.4, 0.5) is 0 Å². The Hall–Kier alpha value is -0.260. The van der Waals surface area contributed by atoms with Gasteiger partial charge >= 0.3 is 0 Å². The molecule has 1 saturated heterocycles. The van der Waals surface area contributed by atoms with Crippen LogP contribution in [0.5, 0.6) is 0 Å². The maximum absolute atomic E-state index is 11.5. The van der Waals surface area contributed by atoms with Crippen molar-refractivity contribution in [1.29, 1.82) is 0 Å². The van der Waals surface area contributed by atoms with E-state index in [0.717, 1.165) is 19.6 Å². The number of carbonyl (C=O) groups is 1. The predicted octanol–water partition coefficient (Wildman–Crippen LogP) is 0.233. The summed E-state index contributed by atoms with van der Waals surface area (Å²) in [7, 11) is 0. The lowest BCUT2D eigenvalue weighted by atomic mass is 10.2. The van der Waals surface area contributed by atoms with Crippen LogP contribution in [0.15, 0.2) is 0 Å². The summed E-state index contributed by atoms with van der Waals surface area (Å²) in [6.07, 6.45) is 2.56. The lowest BCUT2D eigenvalue weighted by Gasteiger charge is -2.23. The van der Waals surface area contributed by atoms with E-state index < -0.39 is 0 Å². The highest BCUT2D eigenvalue weighted by atomic mass is 32.2. The first-order valence-corrected chi connectivity index (χ1v) is 6.63. The third-order valence-corrected chi connectivity index (χ3v) is 3.38. The number of carbonyl (C=O) groups excluding carboxylic acids is 1. The van der Waals surface area contributed by atoms with Crippen LogP contribution in [0.25, 0.3) is 0 Å². The standard InChI is InChI=1S/C10H20N2O2S/c1-8(15-2)6-12-10(13)5-9-7-11-3-4-14-9/h8-9,11H,3-7H2,1-2H3,(H,12,13)/t8-,9-/m1/s1. The molecule has 0 bridgehead atoms. The van der Waals surface area contributed by atoms with E-state index in [-0.39, 0.29) is 12.0 Å². The molecule has 2 N–H and O–H groups in total. The molecule has 1 fully saturated rings. The van der Waals surface area contributed by atoms with E-state index >= 15 is 0 Å². The van der Waals surface area contributed by atoms with Crippen LogP contribution in [-0.2, 0) is 9.53 Å². The van der Waals surface area contributed by atoms with Gasteiger partial charge in [-0.3, -0.25) is 4.79 Å². The summed E-state index contributed by atoms with van der Waals surface area (Å²) in [6.45, 7) is 5.22. The normalized spacial score (nSPS) is 23.5. The second kappa shape index (κ2) is 7.09. The van der Waals surface area contributed by atoms with Gasteiger partial charge in [-0.15, -0.1) is 0 Å². The topological polar surface area (TPSA) is 50.4 Å². The van der Waals surface area contributed by atoms with Crippen LogP contribution in [-0.4, -0.2) is 49.8 Å². The van der Waals surface area contributed by atoms with Gasteiger partial charge in [0.25, 0.3) is 0 Å². The number of rotatable bonds is 5. The first-order valence-electron chi connectivity index (χ1n) is 5.34. The van der Waals surface area contributed by atoms with E-state index in [1.165, 1.54) is 0 Å². The Morgan fingerprint density at radius 3 is 3.13 bits per heavy atom. The number of nitrogens with one attached hydrogen (secondary N) is 2. The highest BCUT2D eigenvalue weighted by Gasteiger charge is 2.17. The fraction of sp³-hybridized carbons (Fsp3) is 0.900. The fourth-order valence-corrected chi connectivity index (χ4v) is 1.62. The van der Waals surface area contributed by atoms with Crippen LogP contribution >= 0.6 is 11.8 Å². The molecule has 1 rings (SSSR count). The number of hydrogen-bond acceptors (Lipinski definition) is 4. The lowest BCUT2D eigenvalue weighted by Crippen LogP contribution is -2.42. The van der Waals surface area contributed by atoms with E-state index in [1.807, 2.05) is 6.26 Å². The molecule has 1 aliphatic rings. The number of hydrogen-bond donors (Lipinski definition) is 2. The summed E-state index contributed by atoms with van der Waals surface area (Å²) in [5.74, 6) is 0.0876. The van der Waals surface area contributed by atoms with Crippen LogP contribution in [0, 0.1) is 0 Å². The third-order valence-electron chi connectivity index (χ3n) is 2.41. The van der Waals surface area contributed by atoms with Crippen LogP contribution < -0.4 is 10.6 Å². The summed E-state index contributed by atoms with van der Waals surface area (Å²) in [5.41, 5.74) is 0. The van der Waals surface area contributed by atoms with Crippen LogP contribution in [0.3, 0.4) is 0 Å². The molecule has 0 aromatic rings. The monoisotopic (exact) mass is 232 g/mol. The second-order valence-electron chi connectivity index (χ2n) is 3.75. The molecule has 0 aromatic heterocycles. The summed E-state index contributed by atoms with van der Waals surface area (Å²) in [6, 6.07) is 0. The Kier molecular flexibility index (Phi) is 6.05. The van der Waals surface area contributed by atoms with Gasteiger partial charge in [-0.2, -0.15) is 11.8 Å². The Bertz CT molecular complexity index is 196. The average Bonchev–Trinajstić information content (AvgIpc) is 2.27. The highest BCUT2D eigenvalue weighted by Crippen LogP contribution is 2.04. The molecule has 15 heavy (non-hydrogen) atoms. The number of amides is 1. The minimum Gasteiger partial charge on any atom is -0.375 e. The van der Waals surface area contributed by atoms with Gasteiger partial charge in [0.15, 0.2) is 0 Å². The molecule has 5 heteroatoms. The van der Waals surface area contributed by atoms with Crippen molar-refractivity contribution in [2.45, 2.75) is 24.7 Å². The zero-order chi connectivity index (χ0) is 11.1. The maximum atomic E-state index is 11.5. The van der Waals surface area contributed by atoms with Crippen molar-refractivity contribution in [2.24, 2.45) is 0 Å². The smallest absolute Gasteiger partial charge is 0.222 e. The molecule has 0 aliphatic carbocycles. The third kappa shape index (κ3) is 5.39. The van der Waals surface area contributed by atoms with Crippen molar-refractivity contribution in [3.05, 3.63) is 0 Å². The van der Waals surface area contributed by atoms with E-state index in [4.69, 9.17) is 4.74 Å². The molecule has 0 unspecified atom stereocenters. The average molecular weight is 232 g/mol. The van der Waals surface area contributed by atoms with Crippen LogP contribution in [0.2, 0.25) is 0 Å². The van der Waals surface area contributed by atoms with Gasteiger partial charge in [-0.25, -0.2) is 0 Å². The van der Waals surface area contributed by atoms with Crippen LogP contribution in [0.1, 0.15) is 13.3 Å². The van der Waals surface area contributed by atoms with E-state index in [9.17, 15) is 4.79 Å². The summed E-state index contributed by atoms with van der Waals surface area (Å²) in [4.78, 5) is 11.5. The van der Waals surface area contributed by atoms with Crippen molar-refractivity contribution >= 4 is 17.7 Å². The Labute approximate surface area is 95.5 Å². The first-order chi connectivity index (χ1) is 7.22. The molecular formula is C10H20N2O2S. The molecule has 0 aromatic carbocycles. The van der Waals surface area contributed by atoms with Crippen molar-refractivity contribution in [2.75, 3.05) is 32.5 Å². The Morgan fingerprint density at radius 2 is 2.53 bits per heavy atom.